The number of hydrogen-bond acceptors (Lipinski definition) is 6. The molecule has 2 heterocycles. The summed E-state index contributed by atoms with van der Waals surface area (Å²) in [5.74, 6) is 2.22. The minimum Gasteiger partial charge on any atom is -0.356 e. The number of nitrogens with zero attached hydrogens (tertiary/aromatic N) is 4. The van der Waals surface area contributed by atoms with Crippen LogP contribution in [0.4, 0.5) is 5.82 Å². The highest BCUT2D eigenvalue weighted by molar-refractivity contribution is 7.98. The van der Waals surface area contributed by atoms with E-state index in [1.54, 1.807) is 11.8 Å². The Morgan fingerprint density at radius 3 is 2.50 bits per heavy atom. The molecule has 4 rings (SSSR count). The molecule has 2 aromatic carbocycles. The SMILES string of the molecule is CCN(CC)CCNC(=O)c1cccc(CSc2nc(Cl)cc(N3CCC(Cc4ccccc4)CC3)n2)c1. The Morgan fingerprint density at radius 2 is 1.76 bits per heavy atom. The summed E-state index contributed by atoms with van der Waals surface area (Å²) in [7, 11) is 0. The minimum atomic E-state index is -0.0408. The molecule has 8 heteroatoms. The number of thioether (sulfide) groups is 1. The molecular formula is C30H38ClN5OS. The van der Waals surface area contributed by atoms with Gasteiger partial charge >= 0.3 is 0 Å². The topological polar surface area (TPSA) is 61.4 Å². The number of piperidine rings is 1. The number of nitrogens with one attached hydrogen (secondary N) is 1. The number of amides is 1. The van der Waals surface area contributed by atoms with Crippen LogP contribution in [0.5, 0.6) is 0 Å². The Bertz CT molecular complexity index is 1170. The molecule has 0 spiro atoms. The van der Waals surface area contributed by atoms with E-state index in [9.17, 15) is 4.79 Å². The molecule has 38 heavy (non-hydrogen) atoms. The number of carbonyl (C=O) groups is 1. The molecule has 1 N–H and O–H groups in total. The normalized spacial score (nSPS) is 14.2. The van der Waals surface area contributed by atoms with Crippen LogP contribution in [0.2, 0.25) is 5.15 Å². The van der Waals surface area contributed by atoms with E-state index in [-0.39, 0.29) is 5.91 Å². The van der Waals surface area contributed by atoms with Gasteiger partial charge in [0.15, 0.2) is 5.16 Å². The molecule has 0 unspecified atom stereocenters. The Kier molecular flexibility index (Phi) is 10.9. The Morgan fingerprint density at radius 1 is 1.03 bits per heavy atom. The van der Waals surface area contributed by atoms with E-state index in [4.69, 9.17) is 16.6 Å². The summed E-state index contributed by atoms with van der Waals surface area (Å²) in [6, 6.07) is 20.4. The maximum Gasteiger partial charge on any atom is 0.251 e. The van der Waals surface area contributed by atoms with Crippen LogP contribution in [0.15, 0.2) is 65.8 Å². The van der Waals surface area contributed by atoms with Crippen molar-refractivity contribution in [2.45, 2.75) is 44.0 Å². The summed E-state index contributed by atoms with van der Waals surface area (Å²) in [5, 5.41) is 4.16. The molecule has 0 radical (unpaired) electrons. The van der Waals surface area contributed by atoms with E-state index >= 15 is 0 Å². The second-order valence-electron chi connectivity index (χ2n) is 9.72. The maximum atomic E-state index is 12.6. The number of hydrogen-bond donors (Lipinski definition) is 1. The van der Waals surface area contributed by atoms with Gasteiger partial charge in [0.05, 0.1) is 0 Å². The second-order valence-corrected chi connectivity index (χ2v) is 11.1. The molecule has 1 amide bonds. The van der Waals surface area contributed by atoms with Crippen molar-refractivity contribution in [3.05, 3.63) is 82.5 Å². The quantitative estimate of drug-likeness (QED) is 0.170. The molecular weight excluding hydrogens is 514 g/mol. The van der Waals surface area contributed by atoms with Crippen LogP contribution in [-0.4, -0.2) is 60.0 Å². The van der Waals surface area contributed by atoms with E-state index in [0.29, 0.717) is 34.1 Å². The largest absolute Gasteiger partial charge is 0.356 e. The Labute approximate surface area is 236 Å². The first-order valence-corrected chi connectivity index (χ1v) is 15.0. The van der Waals surface area contributed by atoms with Gasteiger partial charge in [-0.25, -0.2) is 9.97 Å². The third kappa shape index (κ3) is 8.45. The van der Waals surface area contributed by atoms with Crippen molar-refractivity contribution < 1.29 is 4.79 Å². The fourth-order valence-corrected chi connectivity index (χ4v) is 5.87. The fraction of sp³-hybridized carbons (Fsp3) is 0.433. The van der Waals surface area contributed by atoms with Gasteiger partial charge in [-0.15, -0.1) is 0 Å². The van der Waals surface area contributed by atoms with Crippen molar-refractivity contribution in [2.75, 3.05) is 44.2 Å². The maximum absolute atomic E-state index is 12.6. The lowest BCUT2D eigenvalue weighted by Gasteiger charge is -2.33. The monoisotopic (exact) mass is 551 g/mol. The van der Waals surface area contributed by atoms with Crippen LogP contribution < -0.4 is 10.2 Å². The number of aromatic nitrogens is 2. The zero-order valence-electron chi connectivity index (χ0n) is 22.4. The van der Waals surface area contributed by atoms with Gasteiger partial charge in [0.1, 0.15) is 11.0 Å². The molecule has 0 aliphatic carbocycles. The molecule has 6 nitrogen and oxygen atoms in total. The fourth-order valence-electron chi connectivity index (χ4n) is 4.85. The molecule has 0 bridgehead atoms. The van der Waals surface area contributed by atoms with Crippen molar-refractivity contribution in [3.63, 3.8) is 0 Å². The number of halogens is 1. The van der Waals surface area contributed by atoms with E-state index < -0.39 is 0 Å². The van der Waals surface area contributed by atoms with Gasteiger partial charge in [-0.05, 0) is 61.5 Å². The van der Waals surface area contributed by atoms with Gasteiger partial charge < -0.3 is 15.1 Å². The number of carbonyl (C=O) groups excluding carboxylic acids is 1. The Hall–Kier alpha value is -2.61. The predicted octanol–water partition coefficient (Wildman–Crippen LogP) is 5.95. The van der Waals surface area contributed by atoms with Crippen LogP contribution in [-0.2, 0) is 12.2 Å². The highest BCUT2D eigenvalue weighted by atomic mass is 35.5. The summed E-state index contributed by atoms with van der Waals surface area (Å²) in [4.78, 5) is 26.5. The van der Waals surface area contributed by atoms with Crippen molar-refractivity contribution in [1.82, 2.24) is 20.2 Å². The van der Waals surface area contributed by atoms with E-state index in [2.05, 4.69) is 64.3 Å². The highest BCUT2D eigenvalue weighted by Crippen LogP contribution is 2.28. The second kappa shape index (κ2) is 14.5. The molecule has 1 aromatic heterocycles. The van der Waals surface area contributed by atoms with Gasteiger partial charge in [-0.1, -0.05) is 79.7 Å². The molecule has 1 aliphatic rings. The van der Waals surface area contributed by atoms with Crippen LogP contribution in [0.3, 0.4) is 0 Å². The van der Waals surface area contributed by atoms with Gasteiger partial charge in [-0.2, -0.15) is 0 Å². The van der Waals surface area contributed by atoms with E-state index in [0.717, 1.165) is 63.4 Å². The van der Waals surface area contributed by atoms with Crippen LogP contribution >= 0.6 is 23.4 Å². The molecule has 1 aliphatic heterocycles. The van der Waals surface area contributed by atoms with Crippen LogP contribution in [0.25, 0.3) is 0 Å². The van der Waals surface area contributed by atoms with Gasteiger partial charge in [0.2, 0.25) is 0 Å². The third-order valence-corrected chi connectivity index (χ3v) is 8.24. The summed E-state index contributed by atoms with van der Waals surface area (Å²) >= 11 is 7.94. The lowest BCUT2D eigenvalue weighted by molar-refractivity contribution is 0.0949. The first-order chi connectivity index (χ1) is 18.5. The zero-order valence-corrected chi connectivity index (χ0v) is 24.0. The van der Waals surface area contributed by atoms with Crippen molar-refractivity contribution in [2.24, 2.45) is 5.92 Å². The van der Waals surface area contributed by atoms with Crippen LogP contribution in [0.1, 0.15) is 48.2 Å². The zero-order chi connectivity index (χ0) is 26.7. The Balaban J connectivity index is 1.30. The van der Waals surface area contributed by atoms with Gasteiger partial charge in [-0.3, -0.25) is 4.79 Å². The molecule has 202 valence electrons. The first kappa shape index (κ1) is 28.4. The predicted molar refractivity (Wildman–Crippen MR) is 158 cm³/mol. The van der Waals surface area contributed by atoms with E-state index in [1.165, 1.54) is 5.56 Å². The lowest BCUT2D eigenvalue weighted by atomic mass is 9.90. The molecule has 1 saturated heterocycles. The van der Waals surface area contributed by atoms with E-state index in [1.807, 2.05) is 30.3 Å². The number of likely N-dealkylation sites (N-methyl/N-ethyl adjacent to an activating group) is 1. The van der Waals surface area contributed by atoms with Gasteiger partial charge in [0.25, 0.3) is 5.91 Å². The average Bonchev–Trinajstić information content (AvgIpc) is 2.95. The molecule has 0 saturated carbocycles. The number of benzene rings is 2. The van der Waals surface area contributed by atoms with Crippen molar-refractivity contribution >= 4 is 35.1 Å². The molecule has 1 fully saturated rings. The summed E-state index contributed by atoms with van der Waals surface area (Å²) in [6.07, 6.45) is 3.42. The summed E-state index contributed by atoms with van der Waals surface area (Å²) < 4.78 is 0. The third-order valence-electron chi connectivity index (χ3n) is 7.13. The first-order valence-electron chi connectivity index (χ1n) is 13.6. The number of anilines is 1. The average molecular weight is 552 g/mol. The molecule has 3 aromatic rings. The summed E-state index contributed by atoms with van der Waals surface area (Å²) in [6.45, 7) is 9.68. The number of rotatable bonds is 12. The minimum absolute atomic E-state index is 0.0408. The van der Waals surface area contributed by atoms with Crippen molar-refractivity contribution in [1.29, 1.82) is 0 Å². The summed E-state index contributed by atoms with van der Waals surface area (Å²) in [5.41, 5.74) is 3.14. The molecule has 0 atom stereocenters. The van der Waals surface area contributed by atoms with Gasteiger partial charge in [0, 0.05) is 43.6 Å². The lowest BCUT2D eigenvalue weighted by Crippen LogP contribution is -2.35. The highest BCUT2D eigenvalue weighted by Gasteiger charge is 2.21. The smallest absolute Gasteiger partial charge is 0.251 e. The van der Waals surface area contributed by atoms with Crippen molar-refractivity contribution in [3.8, 4) is 0 Å². The van der Waals surface area contributed by atoms with Crippen LogP contribution in [0, 0.1) is 5.92 Å². The standard InChI is InChI=1S/C30H38ClN5OS/c1-3-35(4-2)18-15-32-29(37)26-12-8-11-25(20-26)22-38-30-33-27(31)21-28(34-30)36-16-13-24(14-17-36)19-23-9-6-5-7-10-23/h5-12,20-21,24H,3-4,13-19,22H2,1-2H3,(H,32,37).